The van der Waals surface area contributed by atoms with Crippen LogP contribution in [0, 0.1) is 0 Å². The fourth-order valence-electron chi connectivity index (χ4n) is 2.47. The summed E-state index contributed by atoms with van der Waals surface area (Å²) in [5.41, 5.74) is 3.10. The predicted molar refractivity (Wildman–Crippen MR) is 98.3 cm³/mol. The molecule has 0 bridgehead atoms. The minimum absolute atomic E-state index is 0.267. The van der Waals surface area contributed by atoms with Crippen LogP contribution in [0.25, 0.3) is 20.0 Å². The zero-order valence-electron chi connectivity index (χ0n) is 10.9. The molecule has 0 saturated carbocycles. The second-order valence-electron chi connectivity index (χ2n) is 4.73. The molecule has 106 valence electrons. The topological polar surface area (TPSA) is 0 Å². The second kappa shape index (κ2) is 6.33. The van der Waals surface area contributed by atoms with Crippen molar-refractivity contribution in [2.75, 3.05) is 0 Å². The summed E-state index contributed by atoms with van der Waals surface area (Å²) in [6, 6.07) is 9.32. The molecule has 4 rings (SSSR count). The average Bonchev–Trinajstić information content (AvgIpc) is 3.25. The fraction of sp³-hybridized carbons (Fsp3) is 0.125. The van der Waals surface area contributed by atoms with Crippen molar-refractivity contribution in [1.29, 1.82) is 0 Å². The number of hydrogen-bond donors (Lipinski definition) is 0. The van der Waals surface area contributed by atoms with Gasteiger partial charge in [0, 0.05) is 0 Å². The van der Waals surface area contributed by atoms with Crippen molar-refractivity contribution in [3.05, 3.63) is 54.6 Å². The number of rotatable bonds is 3. The van der Waals surface area contributed by atoms with E-state index in [1.807, 2.05) is 0 Å². The van der Waals surface area contributed by atoms with Gasteiger partial charge in [-0.3, -0.25) is 0 Å². The van der Waals surface area contributed by atoms with E-state index in [2.05, 4.69) is 66.1 Å². The zero-order valence-corrected chi connectivity index (χ0v) is 19.4. The molecule has 0 fully saturated rings. The first kappa shape index (κ1) is 15.3. The van der Waals surface area contributed by atoms with E-state index in [9.17, 15) is 0 Å². The van der Waals surface area contributed by atoms with Gasteiger partial charge in [0.25, 0.3) is 0 Å². The molecule has 3 aromatic heterocycles. The zero-order chi connectivity index (χ0) is 14.3. The van der Waals surface area contributed by atoms with Gasteiger partial charge in [-0.1, -0.05) is 0 Å². The first-order valence-corrected chi connectivity index (χ1v) is 14.7. The van der Waals surface area contributed by atoms with Crippen LogP contribution < -0.4 is 0 Å². The van der Waals surface area contributed by atoms with E-state index in [1.54, 1.807) is 18.9 Å². The van der Waals surface area contributed by atoms with Crippen LogP contribution >= 0.6 is 15.9 Å². The molecule has 0 saturated heterocycles. The molecular weight excluding hydrogens is 588 g/mol. The Kier molecular flexibility index (Phi) is 4.60. The molecule has 0 N–H and O–H groups in total. The summed E-state index contributed by atoms with van der Waals surface area (Å²) >= 11 is 6.20. The molecule has 0 aromatic carbocycles. The molecule has 1 aliphatic rings. The second-order valence-corrected chi connectivity index (χ2v) is 15.6. The van der Waals surface area contributed by atoms with Crippen molar-refractivity contribution < 1.29 is 0 Å². The van der Waals surface area contributed by atoms with Gasteiger partial charge in [-0.2, -0.15) is 0 Å². The molecule has 0 aliphatic carbocycles. The summed E-state index contributed by atoms with van der Waals surface area (Å²) in [5.74, 6) is 0. The molecule has 1 aliphatic heterocycles. The average molecular weight is 599 g/mol. The van der Waals surface area contributed by atoms with Crippen molar-refractivity contribution in [2.45, 2.75) is 9.64 Å². The van der Waals surface area contributed by atoms with Crippen LogP contribution in [0.1, 0.15) is 10.9 Å². The van der Waals surface area contributed by atoms with Crippen molar-refractivity contribution >= 4 is 74.4 Å². The first-order chi connectivity index (χ1) is 10.3. The van der Waals surface area contributed by atoms with Crippen molar-refractivity contribution in [2.24, 2.45) is 0 Å². The first-order valence-electron chi connectivity index (χ1n) is 6.49. The van der Waals surface area contributed by atoms with E-state index in [-0.39, 0.29) is 3.22 Å². The molecule has 1 atom stereocenters. The number of halogens is 1. The molecule has 5 heteroatoms. The molecule has 1 unspecified atom stereocenters. The van der Waals surface area contributed by atoms with E-state index in [0.29, 0.717) is 58.5 Å². The van der Waals surface area contributed by atoms with Crippen molar-refractivity contribution in [1.82, 2.24) is 0 Å². The molecular formula is C16H11BrSe4. The summed E-state index contributed by atoms with van der Waals surface area (Å²) in [6.07, 6.45) is 3.53. The van der Waals surface area contributed by atoms with Gasteiger partial charge in [-0.15, -0.1) is 0 Å². The van der Waals surface area contributed by atoms with Gasteiger partial charge in [0.05, 0.1) is 0 Å². The van der Waals surface area contributed by atoms with Gasteiger partial charge >= 0.3 is 159 Å². The minimum atomic E-state index is 0.267. The number of allylic oxidation sites excluding steroid dienone is 1. The van der Waals surface area contributed by atoms with Gasteiger partial charge in [-0.05, 0) is 0 Å². The van der Waals surface area contributed by atoms with Crippen LogP contribution in [-0.2, 0) is 3.22 Å². The standard InChI is InChI=1S/C16H11BrSe4/c17-16(6-2-8-21-16)15-12(5-10-20-15)14-11(4-9-19-14)13-3-1-7-18-13/h1-5,7-10H,6H2. The summed E-state index contributed by atoms with van der Waals surface area (Å²) in [5, 5.41) is 0. The number of alkyl halides is 1. The van der Waals surface area contributed by atoms with Crippen LogP contribution in [0.2, 0.25) is 0 Å². The van der Waals surface area contributed by atoms with E-state index in [1.165, 1.54) is 12.0 Å². The third-order valence-corrected chi connectivity index (χ3v) is 14.8. The van der Waals surface area contributed by atoms with Gasteiger partial charge in [0.1, 0.15) is 0 Å². The third-order valence-electron chi connectivity index (χ3n) is 3.43. The molecule has 0 nitrogen and oxygen atoms in total. The molecule has 21 heavy (non-hydrogen) atoms. The Bertz CT molecular complexity index is 771. The van der Waals surface area contributed by atoms with Crippen LogP contribution in [0.5, 0.6) is 0 Å². The Balaban J connectivity index is 1.83. The maximum atomic E-state index is 4.09. The Hall–Kier alpha value is 0.738. The number of hydrogen-bond acceptors (Lipinski definition) is 0. The monoisotopic (exact) mass is 602 g/mol. The van der Waals surface area contributed by atoms with E-state index in [0.717, 1.165) is 0 Å². The summed E-state index contributed by atoms with van der Waals surface area (Å²) in [4.78, 5) is 9.53. The molecule has 4 heterocycles. The normalized spacial score (nSPS) is 21.2. The van der Waals surface area contributed by atoms with E-state index < -0.39 is 0 Å². The van der Waals surface area contributed by atoms with Gasteiger partial charge in [0.15, 0.2) is 0 Å². The van der Waals surface area contributed by atoms with Crippen molar-refractivity contribution in [3.8, 4) is 20.0 Å². The quantitative estimate of drug-likeness (QED) is 0.321. The van der Waals surface area contributed by atoms with Crippen LogP contribution in [0.4, 0.5) is 0 Å². The fourth-order valence-corrected chi connectivity index (χ4v) is 12.8. The third kappa shape index (κ3) is 2.83. The van der Waals surface area contributed by atoms with Gasteiger partial charge in [-0.25, -0.2) is 0 Å². The van der Waals surface area contributed by atoms with Crippen LogP contribution in [0.15, 0.2) is 50.1 Å². The Morgan fingerprint density at radius 2 is 1.81 bits per heavy atom. The molecule has 0 amide bonds. The van der Waals surface area contributed by atoms with Gasteiger partial charge < -0.3 is 0 Å². The summed E-state index contributed by atoms with van der Waals surface area (Å²) in [7, 11) is 0. The summed E-state index contributed by atoms with van der Waals surface area (Å²) in [6.45, 7) is 0. The van der Waals surface area contributed by atoms with E-state index >= 15 is 0 Å². The predicted octanol–water partition coefficient (Wildman–Crippen LogP) is 3.36. The SMILES string of the molecule is BrC1(c2[se]ccc2-c2[se]ccc2-c2ccc[se]2)CC=C[Se]1. The van der Waals surface area contributed by atoms with E-state index in [4.69, 9.17) is 0 Å². The van der Waals surface area contributed by atoms with Crippen LogP contribution in [0.3, 0.4) is 0 Å². The maximum absolute atomic E-state index is 4.09. The molecule has 0 radical (unpaired) electrons. The van der Waals surface area contributed by atoms with Crippen molar-refractivity contribution in [3.63, 3.8) is 0 Å². The molecule has 0 spiro atoms. The Morgan fingerprint density at radius 3 is 2.57 bits per heavy atom. The van der Waals surface area contributed by atoms with Gasteiger partial charge in [0.2, 0.25) is 0 Å². The Morgan fingerprint density at radius 1 is 0.952 bits per heavy atom. The Labute approximate surface area is 157 Å². The van der Waals surface area contributed by atoms with Crippen LogP contribution in [-0.4, -0.2) is 58.5 Å². The summed E-state index contributed by atoms with van der Waals surface area (Å²) < 4.78 is 5.15. The molecule has 3 aromatic rings.